The summed E-state index contributed by atoms with van der Waals surface area (Å²) in [4.78, 5) is 0. The minimum absolute atomic E-state index is 0.358. The summed E-state index contributed by atoms with van der Waals surface area (Å²) in [5.41, 5.74) is 1.75. The van der Waals surface area contributed by atoms with Gasteiger partial charge in [-0.25, -0.2) is 0 Å². The van der Waals surface area contributed by atoms with Gasteiger partial charge in [-0.2, -0.15) is 0 Å². The smallest absolute Gasteiger partial charge is 0.115 e. The second-order valence-electron chi connectivity index (χ2n) is 5.15. The average Bonchev–Trinajstić information content (AvgIpc) is 2.22. The first-order chi connectivity index (χ1) is 7.59. The van der Waals surface area contributed by atoms with Crippen molar-refractivity contribution in [1.82, 2.24) is 0 Å². The molecule has 0 bridgehead atoms. The molecule has 1 N–H and O–H groups in total. The van der Waals surface area contributed by atoms with Gasteiger partial charge in [0.2, 0.25) is 0 Å². The predicted molar refractivity (Wildman–Crippen MR) is 69.7 cm³/mol. The van der Waals surface area contributed by atoms with Gasteiger partial charge in [0.05, 0.1) is 0 Å². The molecule has 0 heterocycles. The standard InChI is InChI=1S/C15H24O/c1-4-10-15(3,11-5-2)12-13-6-8-14(16)9-7-13/h6-9,16H,4-5,10-12H2,1-3H3. The summed E-state index contributed by atoms with van der Waals surface area (Å²) in [5.74, 6) is 0.358. The fraction of sp³-hybridized carbons (Fsp3) is 0.600. The fourth-order valence-corrected chi connectivity index (χ4v) is 2.62. The summed E-state index contributed by atoms with van der Waals surface area (Å²) in [6, 6.07) is 7.65. The SMILES string of the molecule is CCCC(C)(CCC)Cc1ccc(O)cc1. The molecule has 1 aromatic rings. The van der Waals surface area contributed by atoms with E-state index in [4.69, 9.17) is 0 Å². The first-order valence-corrected chi connectivity index (χ1v) is 6.37. The third-order valence-electron chi connectivity index (χ3n) is 3.27. The largest absolute Gasteiger partial charge is 0.508 e. The Morgan fingerprint density at radius 3 is 1.94 bits per heavy atom. The molecule has 0 saturated carbocycles. The molecular formula is C15H24O. The Morgan fingerprint density at radius 2 is 1.50 bits per heavy atom. The van der Waals surface area contributed by atoms with Gasteiger partial charge in [-0.05, 0) is 42.4 Å². The monoisotopic (exact) mass is 220 g/mol. The Bertz CT molecular complexity index is 294. The van der Waals surface area contributed by atoms with Crippen molar-refractivity contribution in [1.29, 1.82) is 0 Å². The number of benzene rings is 1. The van der Waals surface area contributed by atoms with Crippen LogP contribution in [0.1, 0.15) is 52.0 Å². The highest BCUT2D eigenvalue weighted by atomic mass is 16.3. The summed E-state index contributed by atoms with van der Waals surface area (Å²) in [5, 5.41) is 9.26. The average molecular weight is 220 g/mol. The van der Waals surface area contributed by atoms with Crippen LogP contribution in [0.4, 0.5) is 0 Å². The van der Waals surface area contributed by atoms with E-state index in [1.54, 1.807) is 12.1 Å². The first kappa shape index (κ1) is 13.1. The molecule has 0 saturated heterocycles. The number of hydrogen-bond acceptors (Lipinski definition) is 1. The Morgan fingerprint density at radius 1 is 1.00 bits per heavy atom. The molecule has 90 valence electrons. The zero-order chi connectivity index (χ0) is 12.0. The lowest BCUT2D eigenvalue weighted by atomic mass is 9.76. The van der Waals surface area contributed by atoms with Gasteiger partial charge in [-0.15, -0.1) is 0 Å². The van der Waals surface area contributed by atoms with Gasteiger partial charge in [0, 0.05) is 0 Å². The van der Waals surface area contributed by atoms with Crippen LogP contribution in [-0.2, 0) is 6.42 Å². The molecule has 1 nitrogen and oxygen atoms in total. The van der Waals surface area contributed by atoms with Crippen LogP contribution in [-0.4, -0.2) is 5.11 Å². The third-order valence-corrected chi connectivity index (χ3v) is 3.27. The molecule has 0 unspecified atom stereocenters. The highest BCUT2D eigenvalue weighted by Gasteiger charge is 2.22. The molecule has 0 aliphatic carbocycles. The zero-order valence-corrected chi connectivity index (χ0v) is 10.8. The molecule has 0 aromatic heterocycles. The van der Waals surface area contributed by atoms with Crippen molar-refractivity contribution in [3.8, 4) is 5.75 Å². The summed E-state index contributed by atoms with van der Waals surface area (Å²) < 4.78 is 0. The molecule has 0 aliphatic heterocycles. The van der Waals surface area contributed by atoms with Gasteiger partial charge in [0.25, 0.3) is 0 Å². The lowest BCUT2D eigenvalue weighted by molar-refractivity contribution is 0.264. The second-order valence-corrected chi connectivity index (χ2v) is 5.15. The van der Waals surface area contributed by atoms with Crippen LogP contribution < -0.4 is 0 Å². The quantitative estimate of drug-likeness (QED) is 0.746. The second kappa shape index (κ2) is 5.93. The number of rotatable bonds is 6. The van der Waals surface area contributed by atoms with E-state index >= 15 is 0 Å². The molecular weight excluding hydrogens is 196 g/mol. The van der Waals surface area contributed by atoms with Crippen LogP contribution >= 0.6 is 0 Å². The molecule has 0 atom stereocenters. The van der Waals surface area contributed by atoms with Crippen molar-refractivity contribution < 1.29 is 5.11 Å². The van der Waals surface area contributed by atoms with Crippen LogP contribution in [0.3, 0.4) is 0 Å². The lowest BCUT2D eigenvalue weighted by Crippen LogP contribution is -2.19. The van der Waals surface area contributed by atoms with Gasteiger partial charge >= 0.3 is 0 Å². The van der Waals surface area contributed by atoms with Gasteiger partial charge < -0.3 is 5.11 Å². The van der Waals surface area contributed by atoms with E-state index in [9.17, 15) is 5.11 Å². The molecule has 0 amide bonds. The van der Waals surface area contributed by atoms with Crippen LogP contribution in [0.2, 0.25) is 0 Å². The number of aromatic hydroxyl groups is 1. The summed E-state index contributed by atoms with van der Waals surface area (Å²) in [6.07, 6.45) is 6.17. The minimum Gasteiger partial charge on any atom is -0.508 e. The van der Waals surface area contributed by atoms with Crippen molar-refractivity contribution in [3.05, 3.63) is 29.8 Å². The van der Waals surface area contributed by atoms with E-state index in [1.165, 1.54) is 31.2 Å². The Balaban J connectivity index is 2.70. The van der Waals surface area contributed by atoms with Crippen molar-refractivity contribution in [2.45, 2.75) is 52.9 Å². The molecule has 1 aromatic carbocycles. The maximum Gasteiger partial charge on any atom is 0.115 e. The minimum atomic E-state index is 0.358. The maximum absolute atomic E-state index is 9.26. The van der Waals surface area contributed by atoms with E-state index < -0.39 is 0 Å². The molecule has 0 aliphatic rings. The van der Waals surface area contributed by atoms with Crippen molar-refractivity contribution in [2.75, 3.05) is 0 Å². The van der Waals surface area contributed by atoms with E-state index in [0.717, 1.165) is 6.42 Å². The van der Waals surface area contributed by atoms with Crippen molar-refractivity contribution in [3.63, 3.8) is 0 Å². The fourth-order valence-electron chi connectivity index (χ4n) is 2.62. The van der Waals surface area contributed by atoms with E-state index in [2.05, 4.69) is 20.8 Å². The Kier molecular flexibility index (Phi) is 4.85. The van der Waals surface area contributed by atoms with Gasteiger partial charge in [0.1, 0.15) is 5.75 Å². The lowest BCUT2D eigenvalue weighted by Gasteiger charge is -2.29. The summed E-state index contributed by atoms with van der Waals surface area (Å²) in [7, 11) is 0. The molecule has 0 radical (unpaired) electrons. The molecule has 1 heteroatoms. The number of phenols is 1. The molecule has 1 rings (SSSR count). The molecule has 0 fully saturated rings. The van der Waals surface area contributed by atoms with Crippen LogP contribution in [0, 0.1) is 5.41 Å². The van der Waals surface area contributed by atoms with Gasteiger partial charge in [-0.3, -0.25) is 0 Å². The number of phenolic OH excluding ortho intramolecular Hbond substituents is 1. The first-order valence-electron chi connectivity index (χ1n) is 6.37. The zero-order valence-electron chi connectivity index (χ0n) is 10.8. The third kappa shape index (κ3) is 3.88. The van der Waals surface area contributed by atoms with Crippen LogP contribution in [0.15, 0.2) is 24.3 Å². The van der Waals surface area contributed by atoms with Gasteiger partial charge in [-0.1, -0.05) is 45.7 Å². The Labute approximate surface area is 99.5 Å². The van der Waals surface area contributed by atoms with Crippen LogP contribution in [0.5, 0.6) is 5.75 Å². The van der Waals surface area contributed by atoms with E-state index in [1.807, 2.05) is 12.1 Å². The van der Waals surface area contributed by atoms with E-state index in [0.29, 0.717) is 11.2 Å². The summed E-state index contributed by atoms with van der Waals surface area (Å²) >= 11 is 0. The molecule has 16 heavy (non-hydrogen) atoms. The highest BCUT2D eigenvalue weighted by Crippen LogP contribution is 2.33. The predicted octanol–water partition coefficient (Wildman–Crippen LogP) is 4.54. The number of hydrogen-bond donors (Lipinski definition) is 1. The summed E-state index contributed by atoms with van der Waals surface area (Å²) in [6.45, 7) is 6.89. The Hall–Kier alpha value is -0.980. The highest BCUT2D eigenvalue weighted by molar-refractivity contribution is 5.26. The maximum atomic E-state index is 9.26. The van der Waals surface area contributed by atoms with Gasteiger partial charge in [0.15, 0.2) is 0 Å². The normalized spacial score (nSPS) is 11.7. The van der Waals surface area contributed by atoms with Crippen molar-refractivity contribution in [2.24, 2.45) is 5.41 Å². The van der Waals surface area contributed by atoms with E-state index in [-0.39, 0.29) is 0 Å². The van der Waals surface area contributed by atoms with Crippen molar-refractivity contribution >= 4 is 0 Å². The molecule has 0 spiro atoms. The topological polar surface area (TPSA) is 20.2 Å². The van der Waals surface area contributed by atoms with Crippen LogP contribution in [0.25, 0.3) is 0 Å².